The maximum absolute atomic E-state index is 6.14. The van der Waals surface area contributed by atoms with E-state index in [2.05, 4.69) is 46.4 Å². The van der Waals surface area contributed by atoms with E-state index in [9.17, 15) is 0 Å². The summed E-state index contributed by atoms with van der Waals surface area (Å²) in [6, 6.07) is 14.2. The van der Waals surface area contributed by atoms with Crippen LogP contribution in [-0.2, 0) is 0 Å². The van der Waals surface area contributed by atoms with Gasteiger partial charge in [0.05, 0.1) is 12.6 Å². The molecular weight excluding hydrogens is 350 g/mol. The molecule has 4 heteroatoms. The molecule has 1 unspecified atom stereocenters. The highest BCUT2D eigenvalue weighted by Crippen LogP contribution is 2.28. The van der Waals surface area contributed by atoms with Crippen molar-refractivity contribution in [3.05, 3.63) is 63.1 Å². The van der Waals surface area contributed by atoms with E-state index in [1.54, 1.807) is 0 Å². The van der Waals surface area contributed by atoms with Crippen LogP contribution < -0.4 is 10.1 Å². The van der Waals surface area contributed by atoms with Crippen LogP contribution in [0.1, 0.15) is 30.5 Å². The summed E-state index contributed by atoms with van der Waals surface area (Å²) >= 11 is 9.63. The average molecular weight is 369 g/mol. The van der Waals surface area contributed by atoms with Crippen molar-refractivity contribution < 1.29 is 4.74 Å². The molecule has 1 N–H and O–H groups in total. The topological polar surface area (TPSA) is 21.3 Å². The number of halogens is 2. The fourth-order valence-corrected chi connectivity index (χ4v) is 3.13. The molecule has 1 atom stereocenters. The van der Waals surface area contributed by atoms with Crippen molar-refractivity contribution in [1.29, 1.82) is 0 Å². The van der Waals surface area contributed by atoms with Gasteiger partial charge >= 0.3 is 0 Å². The monoisotopic (exact) mass is 367 g/mol. The summed E-state index contributed by atoms with van der Waals surface area (Å²) in [5, 5.41) is 4.06. The van der Waals surface area contributed by atoms with Crippen LogP contribution in [0.2, 0.25) is 5.02 Å². The molecule has 0 aromatic heterocycles. The molecule has 0 saturated heterocycles. The number of rotatable bonds is 6. The second kappa shape index (κ2) is 7.83. The van der Waals surface area contributed by atoms with Gasteiger partial charge in [0.1, 0.15) is 5.75 Å². The SMILES string of the molecule is CCCOc1ccc(C(NC)c2cc(Cl)cc(Br)c2)cc1. The van der Waals surface area contributed by atoms with Crippen molar-refractivity contribution in [1.82, 2.24) is 5.32 Å². The second-order valence-electron chi connectivity index (χ2n) is 4.84. The molecule has 0 amide bonds. The summed E-state index contributed by atoms with van der Waals surface area (Å²) in [4.78, 5) is 0. The molecule has 0 aliphatic heterocycles. The third-order valence-electron chi connectivity index (χ3n) is 3.19. The summed E-state index contributed by atoms with van der Waals surface area (Å²) in [6.07, 6.45) is 1.01. The van der Waals surface area contributed by atoms with Gasteiger partial charge in [-0.15, -0.1) is 0 Å². The summed E-state index contributed by atoms with van der Waals surface area (Å²) in [7, 11) is 1.95. The Hall–Kier alpha value is -1.03. The Morgan fingerprint density at radius 3 is 2.43 bits per heavy atom. The van der Waals surface area contributed by atoms with E-state index in [-0.39, 0.29) is 6.04 Å². The molecule has 0 aliphatic rings. The van der Waals surface area contributed by atoms with Gasteiger partial charge in [-0.2, -0.15) is 0 Å². The second-order valence-corrected chi connectivity index (χ2v) is 6.19. The van der Waals surface area contributed by atoms with Gasteiger partial charge in [-0.05, 0) is 54.9 Å². The van der Waals surface area contributed by atoms with Crippen molar-refractivity contribution in [3.63, 3.8) is 0 Å². The first kappa shape index (κ1) is 16.3. The first-order chi connectivity index (χ1) is 10.1. The molecule has 0 aliphatic carbocycles. The lowest BCUT2D eigenvalue weighted by Crippen LogP contribution is -2.17. The molecule has 0 heterocycles. The zero-order valence-corrected chi connectivity index (χ0v) is 14.5. The van der Waals surface area contributed by atoms with E-state index in [1.807, 2.05) is 31.3 Å². The summed E-state index contributed by atoms with van der Waals surface area (Å²) in [6.45, 7) is 2.85. The third-order valence-corrected chi connectivity index (χ3v) is 3.87. The Balaban J connectivity index is 2.24. The molecule has 2 nitrogen and oxygen atoms in total. The Bertz CT molecular complexity index is 566. The van der Waals surface area contributed by atoms with E-state index in [0.717, 1.165) is 33.8 Å². The zero-order valence-electron chi connectivity index (χ0n) is 12.2. The van der Waals surface area contributed by atoms with Gasteiger partial charge < -0.3 is 10.1 Å². The summed E-state index contributed by atoms with van der Waals surface area (Å²) in [5.74, 6) is 0.905. The number of nitrogens with one attached hydrogen (secondary N) is 1. The molecule has 2 aromatic carbocycles. The maximum atomic E-state index is 6.14. The Kier molecular flexibility index (Phi) is 6.09. The Morgan fingerprint density at radius 1 is 1.14 bits per heavy atom. The largest absolute Gasteiger partial charge is 0.494 e. The molecule has 0 radical (unpaired) electrons. The van der Waals surface area contributed by atoms with Crippen molar-refractivity contribution >= 4 is 27.5 Å². The normalized spacial score (nSPS) is 12.2. The highest BCUT2D eigenvalue weighted by molar-refractivity contribution is 9.10. The number of hydrogen-bond donors (Lipinski definition) is 1. The highest BCUT2D eigenvalue weighted by atomic mass is 79.9. The number of benzene rings is 2. The lowest BCUT2D eigenvalue weighted by molar-refractivity contribution is 0.317. The summed E-state index contributed by atoms with van der Waals surface area (Å²) < 4.78 is 6.60. The smallest absolute Gasteiger partial charge is 0.119 e. The quantitative estimate of drug-likeness (QED) is 0.756. The first-order valence-corrected chi connectivity index (χ1v) is 8.17. The third kappa shape index (κ3) is 4.47. The van der Waals surface area contributed by atoms with Crippen LogP contribution in [0.5, 0.6) is 5.75 Å². The fourth-order valence-electron chi connectivity index (χ4n) is 2.24. The van der Waals surface area contributed by atoms with Gasteiger partial charge in [-0.3, -0.25) is 0 Å². The predicted octanol–water partition coefficient (Wildman–Crippen LogP) is 5.20. The molecule has 0 bridgehead atoms. The van der Waals surface area contributed by atoms with Gasteiger partial charge in [-0.25, -0.2) is 0 Å². The predicted molar refractivity (Wildman–Crippen MR) is 92.3 cm³/mol. The van der Waals surface area contributed by atoms with Gasteiger partial charge in [0.25, 0.3) is 0 Å². The molecule has 0 fully saturated rings. The van der Waals surface area contributed by atoms with E-state index < -0.39 is 0 Å². The molecule has 21 heavy (non-hydrogen) atoms. The Labute approximate surface area is 139 Å². The lowest BCUT2D eigenvalue weighted by Gasteiger charge is -2.18. The lowest BCUT2D eigenvalue weighted by atomic mass is 9.99. The standard InChI is InChI=1S/C17H19BrClNO/c1-3-8-21-16-6-4-12(5-7-16)17(20-2)13-9-14(18)11-15(19)10-13/h4-7,9-11,17,20H,3,8H2,1-2H3. The minimum Gasteiger partial charge on any atom is -0.494 e. The van der Waals surface area contributed by atoms with E-state index in [4.69, 9.17) is 16.3 Å². The number of hydrogen-bond acceptors (Lipinski definition) is 2. The van der Waals surface area contributed by atoms with E-state index in [0.29, 0.717) is 0 Å². The van der Waals surface area contributed by atoms with Crippen LogP contribution >= 0.6 is 27.5 Å². The van der Waals surface area contributed by atoms with E-state index >= 15 is 0 Å². The molecule has 2 rings (SSSR count). The first-order valence-electron chi connectivity index (χ1n) is 7.00. The van der Waals surface area contributed by atoms with Crippen LogP contribution in [-0.4, -0.2) is 13.7 Å². The van der Waals surface area contributed by atoms with Gasteiger partial charge in [0.15, 0.2) is 0 Å². The Morgan fingerprint density at radius 2 is 1.86 bits per heavy atom. The minimum absolute atomic E-state index is 0.0974. The van der Waals surface area contributed by atoms with Gasteiger partial charge in [0, 0.05) is 9.50 Å². The van der Waals surface area contributed by atoms with Crippen molar-refractivity contribution in [2.75, 3.05) is 13.7 Å². The molecule has 2 aromatic rings. The van der Waals surface area contributed by atoms with E-state index in [1.165, 1.54) is 5.56 Å². The average Bonchev–Trinajstić information content (AvgIpc) is 2.46. The molecular formula is C17H19BrClNO. The van der Waals surface area contributed by atoms with Crippen molar-refractivity contribution in [2.45, 2.75) is 19.4 Å². The van der Waals surface area contributed by atoms with Crippen LogP contribution in [0.15, 0.2) is 46.9 Å². The minimum atomic E-state index is 0.0974. The number of ether oxygens (including phenoxy) is 1. The maximum Gasteiger partial charge on any atom is 0.119 e. The van der Waals surface area contributed by atoms with Crippen LogP contribution in [0, 0.1) is 0 Å². The fraction of sp³-hybridized carbons (Fsp3) is 0.294. The van der Waals surface area contributed by atoms with Crippen LogP contribution in [0.25, 0.3) is 0 Å². The van der Waals surface area contributed by atoms with Crippen LogP contribution in [0.3, 0.4) is 0 Å². The van der Waals surface area contributed by atoms with Gasteiger partial charge in [-0.1, -0.05) is 46.6 Å². The zero-order chi connectivity index (χ0) is 15.2. The van der Waals surface area contributed by atoms with Crippen molar-refractivity contribution in [2.24, 2.45) is 0 Å². The highest BCUT2D eigenvalue weighted by Gasteiger charge is 2.13. The van der Waals surface area contributed by atoms with Crippen molar-refractivity contribution in [3.8, 4) is 5.75 Å². The van der Waals surface area contributed by atoms with Gasteiger partial charge in [0.2, 0.25) is 0 Å². The summed E-state index contributed by atoms with van der Waals surface area (Å²) in [5.41, 5.74) is 2.30. The molecule has 0 saturated carbocycles. The molecule has 112 valence electrons. The van der Waals surface area contributed by atoms with Crippen LogP contribution in [0.4, 0.5) is 0 Å². The molecule has 0 spiro atoms.